The van der Waals surface area contributed by atoms with E-state index in [1.807, 2.05) is 42.5 Å². The molecule has 1 aliphatic rings. The Labute approximate surface area is 171 Å². The number of rotatable bonds is 5. The quantitative estimate of drug-likeness (QED) is 0.611. The Kier molecular flexibility index (Phi) is 6.36. The maximum absolute atomic E-state index is 11.4. The Bertz CT molecular complexity index is 846. The van der Waals surface area contributed by atoms with Crippen molar-refractivity contribution in [1.29, 1.82) is 0 Å². The zero-order chi connectivity index (χ0) is 20.1. The third kappa shape index (κ3) is 4.54. The van der Waals surface area contributed by atoms with Crippen LogP contribution in [0.1, 0.15) is 17.3 Å². The zero-order valence-corrected chi connectivity index (χ0v) is 17.2. The third-order valence-electron chi connectivity index (χ3n) is 4.86. The van der Waals surface area contributed by atoms with Crippen LogP contribution >= 0.6 is 12.2 Å². The van der Waals surface area contributed by atoms with Crippen molar-refractivity contribution in [3.63, 3.8) is 0 Å². The molecule has 1 aliphatic heterocycles. The van der Waals surface area contributed by atoms with E-state index in [2.05, 4.69) is 15.1 Å². The molecule has 1 saturated heterocycles. The van der Waals surface area contributed by atoms with Crippen LogP contribution in [-0.4, -0.2) is 56.2 Å². The van der Waals surface area contributed by atoms with Crippen LogP contribution in [0.5, 0.6) is 11.5 Å². The lowest BCUT2D eigenvalue weighted by Gasteiger charge is -2.37. The van der Waals surface area contributed by atoms with Crippen LogP contribution in [-0.2, 0) is 0 Å². The van der Waals surface area contributed by atoms with Gasteiger partial charge in [-0.05, 0) is 55.5 Å². The number of hydrogen-bond donors (Lipinski definition) is 1. The Hall–Kier alpha value is -2.80. The van der Waals surface area contributed by atoms with Crippen molar-refractivity contribution in [3.05, 3.63) is 48.0 Å². The highest BCUT2D eigenvalue weighted by molar-refractivity contribution is 7.80. The van der Waals surface area contributed by atoms with Crippen LogP contribution in [0.15, 0.2) is 42.5 Å². The fourth-order valence-corrected chi connectivity index (χ4v) is 3.46. The fraction of sp³-hybridized carbons (Fsp3) is 0.333. The van der Waals surface area contributed by atoms with E-state index >= 15 is 0 Å². The minimum Gasteiger partial charge on any atom is -0.497 e. The molecule has 2 aromatic rings. The molecule has 1 fully saturated rings. The Morgan fingerprint density at radius 2 is 1.68 bits per heavy atom. The number of benzene rings is 2. The molecule has 28 heavy (non-hydrogen) atoms. The lowest BCUT2D eigenvalue weighted by molar-refractivity contribution is 0.101. The van der Waals surface area contributed by atoms with Crippen LogP contribution < -0.4 is 19.7 Å². The summed E-state index contributed by atoms with van der Waals surface area (Å²) in [5.74, 6) is 1.50. The second-order valence-corrected chi connectivity index (χ2v) is 6.96. The lowest BCUT2D eigenvalue weighted by atomic mass is 10.1. The van der Waals surface area contributed by atoms with Gasteiger partial charge < -0.3 is 24.6 Å². The average Bonchev–Trinajstić information content (AvgIpc) is 2.74. The van der Waals surface area contributed by atoms with Crippen LogP contribution in [0, 0.1) is 0 Å². The minimum atomic E-state index is 0.0850. The molecule has 148 valence electrons. The third-order valence-corrected chi connectivity index (χ3v) is 5.22. The van der Waals surface area contributed by atoms with E-state index in [9.17, 15) is 4.79 Å². The Morgan fingerprint density at radius 1 is 1.00 bits per heavy atom. The van der Waals surface area contributed by atoms with E-state index in [1.165, 1.54) is 0 Å². The number of ether oxygens (including phenoxy) is 2. The largest absolute Gasteiger partial charge is 0.497 e. The van der Waals surface area contributed by atoms with Crippen molar-refractivity contribution in [2.75, 3.05) is 50.6 Å². The maximum Gasteiger partial charge on any atom is 0.173 e. The van der Waals surface area contributed by atoms with Crippen molar-refractivity contribution in [3.8, 4) is 11.5 Å². The molecular formula is C21H25N3O3S. The molecule has 0 spiro atoms. The predicted octanol–water partition coefficient (Wildman–Crippen LogP) is 3.43. The summed E-state index contributed by atoms with van der Waals surface area (Å²) in [6, 6.07) is 13.4. The molecule has 0 unspecified atom stereocenters. The molecular weight excluding hydrogens is 374 g/mol. The van der Waals surface area contributed by atoms with Gasteiger partial charge in [-0.15, -0.1) is 0 Å². The number of anilines is 2. The summed E-state index contributed by atoms with van der Waals surface area (Å²) in [7, 11) is 3.25. The van der Waals surface area contributed by atoms with Gasteiger partial charge in [0, 0.05) is 43.5 Å². The molecule has 0 amide bonds. The summed E-state index contributed by atoms with van der Waals surface area (Å²) >= 11 is 5.60. The van der Waals surface area contributed by atoms with Gasteiger partial charge in [0.2, 0.25) is 0 Å². The first kappa shape index (κ1) is 19.9. The molecule has 7 heteroatoms. The highest BCUT2D eigenvalue weighted by atomic mass is 32.1. The number of hydrogen-bond acceptors (Lipinski definition) is 5. The second kappa shape index (κ2) is 8.93. The second-order valence-electron chi connectivity index (χ2n) is 6.57. The van der Waals surface area contributed by atoms with Gasteiger partial charge in [0.25, 0.3) is 0 Å². The monoisotopic (exact) mass is 399 g/mol. The number of carbonyl (C=O) groups is 1. The fourth-order valence-electron chi connectivity index (χ4n) is 3.17. The Morgan fingerprint density at radius 3 is 2.25 bits per heavy atom. The van der Waals surface area contributed by atoms with E-state index in [0.717, 1.165) is 48.9 Å². The van der Waals surface area contributed by atoms with Crippen molar-refractivity contribution in [2.45, 2.75) is 6.92 Å². The highest BCUT2D eigenvalue weighted by Gasteiger charge is 2.20. The van der Waals surface area contributed by atoms with Crippen molar-refractivity contribution in [1.82, 2.24) is 4.90 Å². The lowest BCUT2D eigenvalue weighted by Crippen LogP contribution is -2.50. The van der Waals surface area contributed by atoms with Gasteiger partial charge in [0.05, 0.1) is 19.9 Å². The van der Waals surface area contributed by atoms with Crippen LogP contribution in [0.2, 0.25) is 0 Å². The summed E-state index contributed by atoms with van der Waals surface area (Å²) in [5, 5.41) is 3.95. The van der Waals surface area contributed by atoms with Gasteiger partial charge in [0.1, 0.15) is 11.5 Å². The summed E-state index contributed by atoms with van der Waals surface area (Å²) in [5.41, 5.74) is 2.68. The summed E-state index contributed by atoms with van der Waals surface area (Å²) in [6.45, 7) is 4.94. The first-order chi connectivity index (χ1) is 13.5. The standard InChI is InChI=1S/C21H25N3O3S/c1-15(25)16-4-6-17(7-5-16)23-10-12-24(13-11-23)21(28)22-19-9-8-18(26-2)14-20(19)27-3/h4-9,14H,10-13H2,1-3H3,(H,22,28). The van der Waals surface area contributed by atoms with Crippen LogP contribution in [0.25, 0.3) is 0 Å². The normalized spacial score (nSPS) is 13.8. The van der Waals surface area contributed by atoms with E-state index in [4.69, 9.17) is 21.7 Å². The molecule has 1 N–H and O–H groups in total. The number of thiocarbonyl (C=S) groups is 1. The summed E-state index contributed by atoms with van der Waals surface area (Å²) in [6.07, 6.45) is 0. The zero-order valence-electron chi connectivity index (χ0n) is 16.4. The predicted molar refractivity (Wildman–Crippen MR) is 116 cm³/mol. The molecule has 6 nitrogen and oxygen atoms in total. The van der Waals surface area contributed by atoms with Crippen LogP contribution in [0.3, 0.4) is 0 Å². The first-order valence-corrected chi connectivity index (χ1v) is 9.56. The number of carbonyl (C=O) groups excluding carboxylic acids is 1. The maximum atomic E-state index is 11.4. The number of ketones is 1. The molecule has 2 aromatic carbocycles. The smallest absolute Gasteiger partial charge is 0.173 e. The molecule has 0 atom stereocenters. The molecule has 0 aromatic heterocycles. The molecule has 0 saturated carbocycles. The number of methoxy groups -OCH3 is 2. The first-order valence-electron chi connectivity index (χ1n) is 9.15. The average molecular weight is 400 g/mol. The molecule has 0 aliphatic carbocycles. The summed E-state index contributed by atoms with van der Waals surface area (Å²) < 4.78 is 10.7. The Balaban J connectivity index is 1.58. The SMILES string of the molecule is COc1ccc(NC(=S)N2CCN(c3ccc(C(C)=O)cc3)CC2)c(OC)c1. The van der Waals surface area contributed by atoms with E-state index < -0.39 is 0 Å². The number of Topliss-reactive ketones (excluding diaryl/α,β-unsaturated/α-hetero) is 1. The van der Waals surface area contributed by atoms with E-state index in [-0.39, 0.29) is 5.78 Å². The highest BCUT2D eigenvalue weighted by Crippen LogP contribution is 2.29. The van der Waals surface area contributed by atoms with Gasteiger partial charge in [0.15, 0.2) is 10.9 Å². The topological polar surface area (TPSA) is 54.0 Å². The number of piperazine rings is 1. The molecule has 0 bridgehead atoms. The van der Waals surface area contributed by atoms with E-state index in [0.29, 0.717) is 10.9 Å². The molecule has 3 rings (SSSR count). The molecule has 1 heterocycles. The van der Waals surface area contributed by atoms with Crippen LogP contribution in [0.4, 0.5) is 11.4 Å². The summed E-state index contributed by atoms with van der Waals surface area (Å²) in [4.78, 5) is 15.9. The van der Waals surface area contributed by atoms with Crippen molar-refractivity contribution >= 4 is 34.5 Å². The molecule has 0 radical (unpaired) electrons. The van der Waals surface area contributed by atoms with Crippen molar-refractivity contribution in [2.24, 2.45) is 0 Å². The van der Waals surface area contributed by atoms with Gasteiger partial charge in [-0.1, -0.05) is 0 Å². The number of nitrogens with zero attached hydrogens (tertiary/aromatic N) is 2. The minimum absolute atomic E-state index is 0.0850. The number of nitrogens with one attached hydrogen (secondary N) is 1. The van der Waals surface area contributed by atoms with Gasteiger partial charge in [-0.2, -0.15) is 0 Å². The van der Waals surface area contributed by atoms with Crippen molar-refractivity contribution < 1.29 is 14.3 Å². The van der Waals surface area contributed by atoms with E-state index in [1.54, 1.807) is 21.1 Å². The van der Waals surface area contributed by atoms with Gasteiger partial charge in [-0.3, -0.25) is 4.79 Å². The van der Waals surface area contributed by atoms with Gasteiger partial charge >= 0.3 is 0 Å². The van der Waals surface area contributed by atoms with Gasteiger partial charge in [-0.25, -0.2) is 0 Å².